The van der Waals surface area contributed by atoms with Gasteiger partial charge in [0.25, 0.3) is 0 Å². The van der Waals surface area contributed by atoms with E-state index in [-0.39, 0.29) is 18.2 Å². The van der Waals surface area contributed by atoms with Gasteiger partial charge in [0.1, 0.15) is 11.6 Å². The molecule has 0 unspecified atom stereocenters. The lowest BCUT2D eigenvalue weighted by molar-refractivity contribution is -0.00000581. The number of hydrogen-bond acceptors (Lipinski definition) is 4. The highest BCUT2D eigenvalue weighted by Gasteiger charge is 2.09. The van der Waals surface area contributed by atoms with Gasteiger partial charge in [-0.25, -0.2) is 9.37 Å². The molecule has 0 aliphatic heterocycles. The number of para-hydroxylation sites is 2. The molecule has 0 saturated heterocycles. The van der Waals surface area contributed by atoms with Crippen LogP contribution in [-0.2, 0) is 6.54 Å². The van der Waals surface area contributed by atoms with Gasteiger partial charge in [0.2, 0.25) is 5.95 Å². The first-order valence-corrected chi connectivity index (χ1v) is 8.36. The van der Waals surface area contributed by atoms with E-state index in [0.717, 1.165) is 16.5 Å². The Morgan fingerprint density at radius 1 is 0.778 bits per heavy atom. The maximum Gasteiger partial charge on any atom is 0.229 e. The van der Waals surface area contributed by atoms with Crippen LogP contribution in [0.4, 0.5) is 21.8 Å². The SMILES string of the molecule is Fc1ccccc1Nc1nc(NCc2ccccc2)c2ccccc2n1.[Cl-]. The van der Waals surface area contributed by atoms with Gasteiger partial charge in [0, 0.05) is 11.9 Å². The maximum atomic E-state index is 13.9. The normalized spacial score (nSPS) is 10.3. The minimum Gasteiger partial charge on any atom is -1.00 e. The van der Waals surface area contributed by atoms with Crippen molar-refractivity contribution in [2.24, 2.45) is 0 Å². The van der Waals surface area contributed by atoms with Crippen molar-refractivity contribution in [1.29, 1.82) is 0 Å². The van der Waals surface area contributed by atoms with Crippen molar-refractivity contribution in [2.75, 3.05) is 10.6 Å². The number of anilines is 3. The van der Waals surface area contributed by atoms with E-state index in [1.165, 1.54) is 6.07 Å². The number of aromatic nitrogens is 2. The van der Waals surface area contributed by atoms with Crippen LogP contribution in [0.5, 0.6) is 0 Å². The second-order valence-corrected chi connectivity index (χ2v) is 5.86. The van der Waals surface area contributed by atoms with Crippen molar-refractivity contribution >= 4 is 28.4 Å². The van der Waals surface area contributed by atoms with Crippen molar-refractivity contribution in [3.8, 4) is 0 Å². The minimum atomic E-state index is -0.344. The van der Waals surface area contributed by atoms with Crippen LogP contribution < -0.4 is 23.0 Å². The van der Waals surface area contributed by atoms with Gasteiger partial charge in [-0.3, -0.25) is 0 Å². The monoisotopic (exact) mass is 379 g/mol. The van der Waals surface area contributed by atoms with Gasteiger partial charge < -0.3 is 23.0 Å². The van der Waals surface area contributed by atoms with Crippen LogP contribution in [-0.4, -0.2) is 9.97 Å². The summed E-state index contributed by atoms with van der Waals surface area (Å²) >= 11 is 0. The number of nitrogens with one attached hydrogen (secondary N) is 2. The second-order valence-electron chi connectivity index (χ2n) is 5.86. The summed E-state index contributed by atoms with van der Waals surface area (Å²) in [6.45, 7) is 0.640. The third kappa shape index (κ3) is 4.33. The molecule has 136 valence electrons. The number of hydrogen-bond donors (Lipinski definition) is 2. The summed E-state index contributed by atoms with van der Waals surface area (Å²) in [5.41, 5.74) is 2.28. The van der Waals surface area contributed by atoms with E-state index in [1.54, 1.807) is 18.2 Å². The molecule has 0 fully saturated rings. The van der Waals surface area contributed by atoms with Crippen molar-refractivity contribution < 1.29 is 16.8 Å². The molecule has 2 N–H and O–H groups in total. The number of nitrogens with zero attached hydrogens (tertiary/aromatic N) is 2. The molecule has 0 aliphatic rings. The standard InChI is InChI=1S/C21H17FN4.ClH/c22-17-11-5-7-13-19(17)25-21-24-18-12-6-4-10-16(18)20(26-21)23-14-15-8-2-1-3-9-15;/h1-13H,14H2,(H2,23,24,25,26);1H/p-1. The number of halogens is 2. The van der Waals surface area contributed by atoms with E-state index in [9.17, 15) is 4.39 Å². The van der Waals surface area contributed by atoms with Crippen molar-refractivity contribution in [1.82, 2.24) is 9.97 Å². The maximum absolute atomic E-state index is 13.9. The molecule has 1 heterocycles. The van der Waals surface area contributed by atoms with Crippen LogP contribution in [0.15, 0.2) is 78.9 Å². The predicted molar refractivity (Wildman–Crippen MR) is 103 cm³/mol. The Morgan fingerprint density at radius 3 is 2.30 bits per heavy atom. The smallest absolute Gasteiger partial charge is 0.229 e. The Labute approximate surface area is 162 Å². The lowest BCUT2D eigenvalue weighted by Crippen LogP contribution is -3.00. The predicted octanol–water partition coefficient (Wildman–Crippen LogP) is 2.13. The van der Waals surface area contributed by atoms with Gasteiger partial charge in [-0.15, -0.1) is 0 Å². The lowest BCUT2D eigenvalue weighted by Gasteiger charge is -2.12. The molecule has 27 heavy (non-hydrogen) atoms. The third-order valence-corrected chi connectivity index (χ3v) is 4.03. The first kappa shape index (κ1) is 18.6. The van der Waals surface area contributed by atoms with Crippen molar-refractivity contribution in [3.63, 3.8) is 0 Å². The average Bonchev–Trinajstić information content (AvgIpc) is 2.69. The molecule has 0 amide bonds. The Bertz CT molecular complexity index is 1040. The molecule has 4 rings (SSSR count). The van der Waals surface area contributed by atoms with Crippen LogP contribution in [0.25, 0.3) is 10.9 Å². The van der Waals surface area contributed by atoms with Crippen molar-refractivity contribution in [2.45, 2.75) is 6.54 Å². The van der Waals surface area contributed by atoms with E-state index in [4.69, 9.17) is 0 Å². The van der Waals surface area contributed by atoms with E-state index in [2.05, 4.69) is 32.7 Å². The molecule has 4 aromatic rings. The molecule has 0 bridgehead atoms. The molecular weight excluding hydrogens is 363 g/mol. The Balaban J connectivity index is 0.00000210. The minimum absolute atomic E-state index is 0. The molecule has 6 heteroatoms. The van der Waals surface area contributed by atoms with Gasteiger partial charge in [0.15, 0.2) is 0 Å². The Kier molecular flexibility index (Phi) is 5.84. The summed E-state index contributed by atoms with van der Waals surface area (Å²) in [6.07, 6.45) is 0. The van der Waals surface area contributed by atoms with Gasteiger partial charge >= 0.3 is 0 Å². The quantitative estimate of drug-likeness (QED) is 0.558. The Hall–Kier alpha value is -3.18. The highest BCUT2D eigenvalue weighted by molar-refractivity contribution is 5.90. The van der Waals surface area contributed by atoms with E-state index in [1.807, 2.05) is 42.5 Å². The van der Waals surface area contributed by atoms with Crippen LogP contribution in [0.1, 0.15) is 5.56 Å². The highest BCUT2D eigenvalue weighted by atomic mass is 35.5. The lowest BCUT2D eigenvalue weighted by atomic mass is 10.2. The van der Waals surface area contributed by atoms with Gasteiger partial charge in [0.05, 0.1) is 11.2 Å². The van der Waals surface area contributed by atoms with Gasteiger partial charge in [-0.2, -0.15) is 4.98 Å². The second kappa shape index (κ2) is 8.47. The van der Waals surface area contributed by atoms with Gasteiger partial charge in [-0.1, -0.05) is 54.6 Å². The fourth-order valence-corrected chi connectivity index (χ4v) is 2.73. The fraction of sp³-hybridized carbons (Fsp3) is 0.0476. The summed E-state index contributed by atoms with van der Waals surface area (Å²) in [7, 11) is 0. The number of fused-ring (bicyclic) bond motifs is 1. The van der Waals surface area contributed by atoms with Crippen LogP contribution in [0.3, 0.4) is 0 Å². The number of benzene rings is 3. The van der Waals surface area contributed by atoms with E-state index in [0.29, 0.717) is 24.0 Å². The van der Waals surface area contributed by atoms with Crippen LogP contribution in [0, 0.1) is 5.82 Å². The topological polar surface area (TPSA) is 49.8 Å². The molecule has 0 aliphatic carbocycles. The zero-order valence-corrected chi connectivity index (χ0v) is 15.1. The van der Waals surface area contributed by atoms with E-state index < -0.39 is 0 Å². The number of rotatable bonds is 5. The molecular formula is C21H17ClFN4-. The summed E-state index contributed by atoms with van der Waals surface area (Å²) in [5, 5.41) is 7.24. The molecule has 0 spiro atoms. The zero-order chi connectivity index (χ0) is 17.8. The van der Waals surface area contributed by atoms with E-state index >= 15 is 0 Å². The molecule has 1 aromatic heterocycles. The molecule has 4 nitrogen and oxygen atoms in total. The molecule has 3 aromatic carbocycles. The fourth-order valence-electron chi connectivity index (χ4n) is 2.73. The summed E-state index contributed by atoms with van der Waals surface area (Å²) in [4.78, 5) is 9.05. The zero-order valence-electron chi connectivity index (χ0n) is 14.4. The first-order chi connectivity index (χ1) is 12.8. The van der Waals surface area contributed by atoms with Crippen molar-refractivity contribution in [3.05, 3.63) is 90.2 Å². The largest absolute Gasteiger partial charge is 1.00 e. The molecule has 0 saturated carbocycles. The Morgan fingerprint density at radius 2 is 1.48 bits per heavy atom. The average molecular weight is 380 g/mol. The van der Waals surface area contributed by atoms with Gasteiger partial charge in [-0.05, 0) is 29.8 Å². The van der Waals surface area contributed by atoms with Crippen LogP contribution >= 0.6 is 0 Å². The molecule has 0 radical (unpaired) electrons. The summed E-state index contributed by atoms with van der Waals surface area (Å²) < 4.78 is 13.9. The first-order valence-electron chi connectivity index (χ1n) is 8.36. The summed E-state index contributed by atoms with van der Waals surface area (Å²) in [6, 6.07) is 24.3. The highest BCUT2D eigenvalue weighted by Crippen LogP contribution is 2.24. The third-order valence-electron chi connectivity index (χ3n) is 4.03. The summed E-state index contributed by atoms with van der Waals surface area (Å²) in [5.74, 6) is 0.714. The molecule has 0 atom stereocenters. The van der Waals surface area contributed by atoms with Crippen LogP contribution in [0.2, 0.25) is 0 Å².